The zero-order valence-electron chi connectivity index (χ0n) is 9.43. The second-order valence-electron chi connectivity index (χ2n) is 4.22. The molecule has 3 N–H and O–H groups in total. The van der Waals surface area contributed by atoms with Crippen molar-refractivity contribution < 1.29 is 22.7 Å². The Morgan fingerprint density at radius 3 is 2.47 bits per heavy atom. The van der Waals surface area contributed by atoms with Gasteiger partial charge in [-0.05, 0) is 18.8 Å². The van der Waals surface area contributed by atoms with Crippen molar-refractivity contribution in [1.29, 1.82) is 0 Å². The highest BCUT2D eigenvalue weighted by atomic mass is 19.4. The van der Waals surface area contributed by atoms with Gasteiger partial charge in [-0.25, -0.2) is 0 Å². The van der Waals surface area contributed by atoms with E-state index in [4.69, 9.17) is 10.5 Å². The molecular formula is C10H17F3N2O2. The van der Waals surface area contributed by atoms with Gasteiger partial charge in [0.2, 0.25) is 5.91 Å². The number of hydrogen-bond donors (Lipinski definition) is 2. The van der Waals surface area contributed by atoms with Crippen LogP contribution in [-0.2, 0) is 9.53 Å². The Morgan fingerprint density at radius 2 is 2.00 bits per heavy atom. The van der Waals surface area contributed by atoms with Gasteiger partial charge in [-0.15, -0.1) is 0 Å². The van der Waals surface area contributed by atoms with Crippen LogP contribution in [0.3, 0.4) is 0 Å². The molecule has 1 rings (SSSR count). The zero-order chi connectivity index (χ0) is 12.9. The van der Waals surface area contributed by atoms with E-state index >= 15 is 0 Å². The van der Waals surface area contributed by atoms with Crippen LogP contribution in [0.1, 0.15) is 19.3 Å². The molecule has 7 heteroatoms. The summed E-state index contributed by atoms with van der Waals surface area (Å²) >= 11 is 0. The Morgan fingerprint density at radius 1 is 1.41 bits per heavy atom. The van der Waals surface area contributed by atoms with Crippen molar-refractivity contribution >= 4 is 5.91 Å². The average Bonchev–Trinajstić information content (AvgIpc) is 2.24. The highest BCUT2D eigenvalue weighted by molar-refractivity contribution is 5.74. The molecule has 0 aromatic carbocycles. The van der Waals surface area contributed by atoms with Gasteiger partial charge in [-0.2, -0.15) is 13.2 Å². The molecule has 1 amide bonds. The van der Waals surface area contributed by atoms with Gasteiger partial charge in [0.1, 0.15) is 0 Å². The van der Waals surface area contributed by atoms with E-state index in [1.165, 1.54) is 0 Å². The first-order valence-electron chi connectivity index (χ1n) is 5.54. The summed E-state index contributed by atoms with van der Waals surface area (Å²) in [6, 6.07) is -0.516. The van der Waals surface area contributed by atoms with Crippen molar-refractivity contribution in [2.24, 2.45) is 11.7 Å². The molecule has 100 valence electrons. The maximum atomic E-state index is 12.1. The zero-order valence-corrected chi connectivity index (χ0v) is 9.43. The van der Waals surface area contributed by atoms with E-state index in [9.17, 15) is 18.0 Å². The lowest BCUT2D eigenvalue weighted by Crippen LogP contribution is -2.45. The molecule has 0 radical (unpaired) electrons. The third-order valence-corrected chi connectivity index (χ3v) is 2.82. The SMILES string of the molecule is NC(=O)C[C@@H](NCC(F)(F)F)C1CCOCC1. The summed E-state index contributed by atoms with van der Waals surface area (Å²) in [5.41, 5.74) is 5.05. The Labute approximate surface area is 97.7 Å². The monoisotopic (exact) mass is 254 g/mol. The predicted octanol–water partition coefficient (Wildman–Crippen LogP) is 0.809. The van der Waals surface area contributed by atoms with E-state index in [0.717, 1.165) is 0 Å². The fourth-order valence-electron chi connectivity index (χ4n) is 1.99. The Kier molecular flexibility index (Phi) is 5.20. The van der Waals surface area contributed by atoms with Gasteiger partial charge in [0.05, 0.1) is 6.54 Å². The number of nitrogens with two attached hydrogens (primary N) is 1. The van der Waals surface area contributed by atoms with E-state index < -0.39 is 24.7 Å². The lowest BCUT2D eigenvalue weighted by molar-refractivity contribution is -0.130. The van der Waals surface area contributed by atoms with Gasteiger partial charge in [0.15, 0.2) is 0 Å². The summed E-state index contributed by atoms with van der Waals surface area (Å²) in [7, 11) is 0. The molecule has 1 saturated heterocycles. The highest BCUT2D eigenvalue weighted by Crippen LogP contribution is 2.22. The van der Waals surface area contributed by atoms with Crippen LogP contribution in [0.4, 0.5) is 13.2 Å². The Hall–Kier alpha value is -0.820. The molecule has 0 aliphatic carbocycles. The van der Waals surface area contributed by atoms with Crippen molar-refractivity contribution in [2.75, 3.05) is 19.8 Å². The van der Waals surface area contributed by atoms with Gasteiger partial charge in [-0.3, -0.25) is 4.79 Å². The predicted molar refractivity (Wildman–Crippen MR) is 55.2 cm³/mol. The van der Waals surface area contributed by atoms with Gasteiger partial charge >= 0.3 is 6.18 Å². The number of halogens is 3. The normalized spacial score (nSPS) is 20.2. The summed E-state index contributed by atoms with van der Waals surface area (Å²) in [5.74, 6) is -0.574. The number of ether oxygens (including phenoxy) is 1. The molecule has 4 nitrogen and oxygen atoms in total. The van der Waals surface area contributed by atoms with Gasteiger partial charge in [-0.1, -0.05) is 0 Å². The third kappa shape index (κ3) is 5.88. The van der Waals surface area contributed by atoms with E-state index in [1.54, 1.807) is 0 Å². The first-order chi connectivity index (χ1) is 7.88. The van der Waals surface area contributed by atoms with Crippen LogP contribution in [-0.4, -0.2) is 37.9 Å². The molecule has 17 heavy (non-hydrogen) atoms. The number of primary amides is 1. The maximum absolute atomic E-state index is 12.1. The lowest BCUT2D eigenvalue weighted by Gasteiger charge is -2.30. The van der Waals surface area contributed by atoms with E-state index in [1.807, 2.05) is 0 Å². The molecule has 1 aliphatic rings. The molecule has 1 heterocycles. The molecule has 0 bridgehead atoms. The van der Waals surface area contributed by atoms with E-state index in [0.29, 0.717) is 26.1 Å². The minimum Gasteiger partial charge on any atom is -0.381 e. The van der Waals surface area contributed by atoms with Gasteiger partial charge < -0.3 is 15.8 Å². The lowest BCUT2D eigenvalue weighted by atomic mass is 9.89. The number of nitrogens with one attached hydrogen (secondary N) is 1. The third-order valence-electron chi connectivity index (χ3n) is 2.82. The molecule has 0 aromatic rings. The second-order valence-corrected chi connectivity index (χ2v) is 4.22. The Bertz CT molecular complexity index is 252. The fourth-order valence-corrected chi connectivity index (χ4v) is 1.99. The first kappa shape index (κ1) is 14.2. The standard InChI is InChI=1S/C10H17F3N2O2/c11-10(12,13)6-15-8(5-9(14)16)7-1-3-17-4-2-7/h7-8,15H,1-6H2,(H2,14,16)/t8-/m1/s1. The number of alkyl halides is 3. The number of amides is 1. The van der Waals surface area contributed by atoms with Crippen LogP contribution < -0.4 is 11.1 Å². The van der Waals surface area contributed by atoms with Crippen LogP contribution in [0.15, 0.2) is 0 Å². The number of hydrogen-bond acceptors (Lipinski definition) is 3. The average molecular weight is 254 g/mol. The number of carbonyl (C=O) groups excluding carboxylic acids is 1. The number of carbonyl (C=O) groups is 1. The highest BCUT2D eigenvalue weighted by Gasteiger charge is 2.31. The van der Waals surface area contributed by atoms with E-state index in [-0.39, 0.29) is 12.3 Å². The summed E-state index contributed by atoms with van der Waals surface area (Å²) < 4.78 is 41.5. The minimum absolute atomic E-state index is 0.0126. The van der Waals surface area contributed by atoms with Crippen molar-refractivity contribution in [2.45, 2.75) is 31.5 Å². The molecule has 0 saturated carbocycles. The summed E-state index contributed by atoms with van der Waals surface area (Å²) in [6.07, 6.45) is -3.03. The van der Waals surface area contributed by atoms with Crippen LogP contribution in [0.25, 0.3) is 0 Å². The van der Waals surface area contributed by atoms with Crippen LogP contribution >= 0.6 is 0 Å². The smallest absolute Gasteiger partial charge is 0.381 e. The van der Waals surface area contributed by atoms with Crippen LogP contribution in [0.5, 0.6) is 0 Å². The maximum Gasteiger partial charge on any atom is 0.401 e. The van der Waals surface area contributed by atoms with Crippen molar-refractivity contribution in [1.82, 2.24) is 5.32 Å². The van der Waals surface area contributed by atoms with Crippen molar-refractivity contribution in [3.05, 3.63) is 0 Å². The minimum atomic E-state index is -4.28. The first-order valence-corrected chi connectivity index (χ1v) is 5.54. The van der Waals surface area contributed by atoms with E-state index in [2.05, 4.69) is 5.32 Å². The topological polar surface area (TPSA) is 64.4 Å². The van der Waals surface area contributed by atoms with Gasteiger partial charge in [0.25, 0.3) is 0 Å². The Balaban J connectivity index is 2.49. The summed E-state index contributed by atoms with van der Waals surface area (Å²) in [4.78, 5) is 10.8. The number of rotatable bonds is 5. The second kappa shape index (κ2) is 6.20. The van der Waals surface area contributed by atoms with Crippen LogP contribution in [0.2, 0.25) is 0 Å². The molecule has 1 aliphatic heterocycles. The molecule has 1 fully saturated rings. The summed E-state index contributed by atoms with van der Waals surface area (Å²) in [6.45, 7) is -0.0520. The molecular weight excluding hydrogens is 237 g/mol. The molecule has 0 unspecified atom stereocenters. The molecule has 0 spiro atoms. The largest absolute Gasteiger partial charge is 0.401 e. The fraction of sp³-hybridized carbons (Fsp3) is 0.900. The summed E-state index contributed by atoms with van der Waals surface area (Å²) in [5, 5.41) is 2.38. The molecule has 1 atom stereocenters. The van der Waals surface area contributed by atoms with Crippen molar-refractivity contribution in [3.63, 3.8) is 0 Å². The van der Waals surface area contributed by atoms with Gasteiger partial charge in [0, 0.05) is 25.7 Å². The quantitative estimate of drug-likeness (QED) is 0.763. The van der Waals surface area contributed by atoms with Crippen molar-refractivity contribution in [3.8, 4) is 0 Å². The molecule has 0 aromatic heterocycles. The van der Waals surface area contributed by atoms with Crippen LogP contribution in [0, 0.1) is 5.92 Å².